The first-order chi connectivity index (χ1) is 8.79. The lowest BCUT2D eigenvalue weighted by atomic mass is 10.0. The van der Waals surface area contributed by atoms with Crippen LogP contribution in [0.15, 0.2) is 36.4 Å². The third kappa shape index (κ3) is 2.81. The zero-order chi connectivity index (χ0) is 14.2. The van der Waals surface area contributed by atoms with E-state index in [2.05, 4.69) is 0 Å². The number of alkyl halides is 3. The van der Waals surface area contributed by atoms with Crippen LogP contribution in [0.2, 0.25) is 5.02 Å². The van der Waals surface area contributed by atoms with Gasteiger partial charge < -0.3 is 5.73 Å². The van der Waals surface area contributed by atoms with Crippen LogP contribution in [-0.4, -0.2) is 0 Å². The van der Waals surface area contributed by atoms with Gasteiger partial charge in [-0.05, 0) is 35.9 Å². The van der Waals surface area contributed by atoms with Crippen LogP contribution in [0, 0.1) is 5.82 Å². The monoisotopic (exact) mass is 289 g/mol. The van der Waals surface area contributed by atoms with Gasteiger partial charge in [0, 0.05) is 16.3 Å². The average molecular weight is 290 g/mol. The largest absolute Gasteiger partial charge is 0.419 e. The molecule has 0 unspecified atom stereocenters. The molecule has 2 aromatic rings. The van der Waals surface area contributed by atoms with Crippen molar-refractivity contribution in [2.24, 2.45) is 0 Å². The summed E-state index contributed by atoms with van der Waals surface area (Å²) in [7, 11) is 0. The second kappa shape index (κ2) is 4.74. The van der Waals surface area contributed by atoms with Crippen LogP contribution in [-0.2, 0) is 6.18 Å². The third-order valence-corrected chi connectivity index (χ3v) is 2.84. The van der Waals surface area contributed by atoms with Crippen LogP contribution in [0.3, 0.4) is 0 Å². The Morgan fingerprint density at radius 1 is 1.00 bits per heavy atom. The molecule has 0 aromatic heterocycles. The second-order valence-electron chi connectivity index (χ2n) is 3.92. The highest BCUT2D eigenvalue weighted by molar-refractivity contribution is 6.31. The first-order valence-electron chi connectivity index (χ1n) is 5.21. The molecule has 1 nitrogen and oxygen atoms in total. The molecule has 0 aliphatic carbocycles. The fraction of sp³-hybridized carbons (Fsp3) is 0.0769. The minimum Gasteiger partial charge on any atom is -0.398 e. The SMILES string of the molecule is Nc1ccc(Cl)cc1-c1ccc(C(F)(F)F)c(F)c1. The first kappa shape index (κ1) is 13.7. The van der Waals surface area contributed by atoms with Crippen molar-refractivity contribution in [1.82, 2.24) is 0 Å². The van der Waals surface area contributed by atoms with Crippen LogP contribution >= 0.6 is 11.6 Å². The van der Waals surface area contributed by atoms with Crippen LogP contribution < -0.4 is 5.73 Å². The average Bonchev–Trinajstić information content (AvgIpc) is 2.30. The molecular formula is C13H8ClF4N. The van der Waals surface area contributed by atoms with Crippen molar-refractivity contribution in [3.63, 3.8) is 0 Å². The molecule has 0 heterocycles. The number of anilines is 1. The molecule has 2 rings (SSSR count). The quantitative estimate of drug-likeness (QED) is 0.595. The number of nitrogen functional groups attached to an aromatic ring is 1. The summed E-state index contributed by atoms with van der Waals surface area (Å²) < 4.78 is 50.8. The Balaban J connectivity index is 2.54. The lowest BCUT2D eigenvalue weighted by Gasteiger charge is -2.11. The molecule has 100 valence electrons. The maximum atomic E-state index is 13.5. The van der Waals surface area contributed by atoms with Crippen molar-refractivity contribution < 1.29 is 17.6 Å². The van der Waals surface area contributed by atoms with Crippen molar-refractivity contribution in [2.75, 3.05) is 5.73 Å². The molecule has 0 aliphatic heterocycles. The fourth-order valence-electron chi connectivity index (χ4n) is 1.69. The van der Waals surface area contributed by atoms with Crippen molar-refractivity contribution >= 4 is 17.3 Å². The Labute approximate surface area is 111 Å². The van der Waals surface area contributed by atoms with Gasteiger partial charge >= 0.3 is 6.18 Å². The molecule has 0 spiro atoms. The van der Waals surface area contributed by atoms with E-state index in [1.807, 2.05) is 0 Å². The molecule has 0 saturated carbocycles. The van der Waals surface area contributed by atoms with Crippen molar-refractivity contribution in [3.8, 4) is 11.1 Å². The molecule has 2 N–H and O–H groups in total. The van der Waals surface area contributed by atoms with Gasteiger partial charge in [0.25, 0.3) is 0 Å². The van der Waals surface area contributed by atoms with E-state index in [-0.39, 0.29) is 5.56 Å². The van der Waals surface area contributed by atoms with E-state index in [1.54, 1.807) is 6.07 Å². The van der Waals surface area contributed by atoms with Gasteiger partial charge in [-0.15, -0.1) is 0 Å². The molecule has 2 aromatic carbocycles. The number of rotatable bonds is 1. The molecule has 19 heavy (non-hydrogen) atoms. The number of halogens is 5. The van der Waals surface area contributed by atoms with Crippen LogP contribution in [0.4, 0.5) is 23.2 Å². The van der Waals surface area contributed by atoms with E-state index in [1.165, 1.54) is 12.1 Å². The summed E-state index contributed by atoms with van der Waals surface area (Å²) in [6, 6.07) is 7.16. The molecule has 0 atom stereocenters. The lowest BCUT2D eigenvalue weighted by molar-refractivity contribution is -0.139. The summed E-state index contributed by atoms with van der Waals surface area (Å²) in [5.41, 5.74) is 5.32. The third-order valence-electron chi connectivity index (χ3n) is 2.60. The minimum atomic E-state index is -4.72. The highest BCUT2D eigenvalue weighted by atomic mass is 35.5. The Hall–Kier alpha value is -1.75. The number of nitrogens with two attached hydrogens (primary N) is 1. The Bertz CT molecular complexity index is 623. The Kier molecular flexibility index (Phi) is 3.41. The molecule has 0 saturated heterocycles. The van der Waals surface area contributed by atoms with E-state index in [0.29, 0.717) is 22.3 Å². The summed E-state index contributed by atoms with van der Waals surface area (Å²) in [4.78, 5) is 0. The van der Waals surface area contributed by atoms with Crippen LogP contribution in [0.25, 0.3) is 11.1 Å². The van der Waals surface area contributed by atoms with Gasteiger partial charge in [-0.3, -0.25) is 0 Å². The van der Waals surface area contributed by atoms with Gasteiger partial charge in [0.1, 0.15) is 5.82 Å². The van der Waals surface area contributed by atoms with Crippen molar-refractivity contribution in [1.29, 1.82) is 0 Å². The Morgan fingerprint density at radius 2 is 1.68 bits per heavy atom. The van der Waals surface area contributed by atoms with E-state index in [9.17, 15) is 17.6 Å². The molecule has 0 bridgehead atoms. The highest BCUT2D eigenvalue weighted by Crippen LogP contribution is 2.35. The first-order valence-corrected chi connectivity index (χ1v) is 5.59. The summed E-state index contributed by atoms with van der Waals surface area (Å²) in [6.45, 7) is 0. The smallest absolute Gasteiger partial charge is 0.398 e. The van der Waals surface area contributed by atoms with Gasteiger partial charge in [0.15, 0.2) is 0 Å². The minimum absolute atomic E-state index is 0.241. The van der Waals surface area contributed by atoms with Gasteiger partial charge in [0.2, 0.25) is 0 Å². The van der Waals surface area contributed by atoms with E-state index in [4.69, 9.17) is 17.3 Å². The zero-order valence-electron chi connectivity index (χ0n) is 9.43. The van der Waals surface area contributed by atoms with Crippen molar-refractivity contribution in [2.45, 2.75) is 6.18 Å². The normalized spacial score (nSPS) is 11.6. The van der Waals surface area contributed by atoms with Crippen molar-refractivity contribution in [3.05, 3.63) is 52.8 Å². The van der Waals surface area contributed by atoms with Gasteiger partial charge in [0.05, 0.1) is 5.56 Å². The molecule has 6 heteroatoms. The molecule has 0 radical (unpaired) electrons. The number of hydrogen-bond acceptors (Lipinski definition) is 1. The van der Waals surface area contributed by atoms with E-state index >= 15 is 0 Å². The zero-order valence-corrected chi connectivity index (χ0v) is 10.2. The van der Waals surface area contributed by atoms with E-state index < -0.39 is 17.6 Å². The van der Waals surface area contributed by atoms with Crippen LogP contribution in [0.5, 0.6) is 0 Å². The predicted molar refractivity (Wildman–Crippen MR) is 66.3 cm³/mol. The summed E-state index contributed by atoms with van der Waals surface area (Å²) >= 11 is 5.78. The summed E-state index contributed by atoms with van der Waals surface area (Å²) in [6.07, 6.45) is -4.72. The predicted octanol–water partition coefficient (Wildman–Crippen LogP) is 4.75. The van der Waals surface area contributed by atoms with Gasteiger partial charge in [-0.1, -0.05) is 17.7 Å². The molecule has 0 amide bonds. The van der Waals surface area contributed by atoms with Crippen LogP contribution in [0.1, 0.15) is 5.56 Å². The second-order valence-corrected chi connectivity index (χ2v) is 4.36. The van der Waals surface area contributed by atoms with Gasteiger partial charge in [-0.2, -0.15) is 13.2 Å². The highest BCUT2D eigenvalue weighted by Gasteiger charge is 2.33. The maximum absolute atomic E-state index is 13.5. The maximum Gasteiger partial charge on any atom is 0.419 e. The van der Waals surface area contributed by atoms with Gasteiger partial charge in [-0.25, -0.2) is 4.39 Å². The standard InChI is InChI=1S/C13H8ClF4N/c14-8-2-4-12(19)9(6-8)7-1-3-10(11(15)5-7)13(16,17)18/h1-6H,19H2. The summed E-state index contributed by atoms with van der Waals surface area (Å²) in [5, 5.41) is 0.365. The summed E-state index contributed by atoms with van der Waals surface area (Å²) in [5.74, 6) is -1.34. The lowest BCUT2D eigenvalue weighted by Crippen LogP contribution is -2.07. The molecular weight excluding hydrogens is 282 g/mol. The molecule has 0 fully saturated rings. The number of benzene rings is 2. The fourth-order valence-corrected chi connectivity index (χ4v) is 1.86. The topological polar surface area (TPSA) is 26.0 Å². The molecule has 0 aliphatic rings. The Morgan fingerprint density at radius 3 is 2.26 bits per heavy atom. The number of hydrogen-bond donors (Lipinski definition) is 1. The van der Waals surface area contributed by atoms with E-state index in [0.717, 1.165) is 12.1 Å².